The number of aromatic carboxylic acids is 1. The zero-order chi connectivity index (χ0) is 13.1. The SMILES string of the molecule is Cc1cc(NC2CCCOC2)c(C(=O)O)c(C)n1. The van der Waals surface area contributed by atoms with Crippen LogP contribution in [0.3, 0.4) is 0 Å². The van der Waals surface area contributed by atoms with Gasteiger partial charge >= 0.3 is 5.97 Å². The molecule has 1 aliphatic heterocycles. The zero-order valence-corrected chi connectivity index (χ0v) is 10.7. The number of hydrogen-bond donors (Lipinski definition) is 2. The Labute approximate surface area is 106 Å². The van der Waals surface area contributed by atoms with E-state index < -0.39 is 5.97 Å². The molecule has 18 heavy (non-hydrogen) atoms. The summed E-state index contributed by atoms with van der Waals surface area (Å²) in [7, 11) is 0. The predicted molar refractivity (Wildman–Crippen MR) is 68.1 cm³/mol. The smallest absolute Gasteiger partial charge is 0.339 e. The Kier molecular flexibility index (Phi) is 3.81. The van der Waals surface area contributed by atoms with Gasteiger partial charge in [0.25, 0.3) is 0 Å². The standard InChI is InChI=1S/C13H18N2O3/c1-8-6-11(12(13(16)17)9(2)14-8)15-10-4-3-5-18-7-10/h6,10H,3-5,7H2,1-2H3,(H,14,15)(H,16,17). The lowest BCUT2D eigenvalue weighted by atomic mass is 10.1. The summed E-state index contributed by atoms with van der Waals surface area (Å²) in [6.45, 7) is 5.00. The third kappa shape index (κ3) is 2.79. The molecule has 1 aliphatic rings. The number of pyridine rings is 1. The summed E-state index contributed by atoms with van der Waals surface area (Å²) >= 11 is 0. The maximum absolute atomic E-state index is 11.3. The van der Waals surface area contributed by atoms with Crippen LogP contribution in [-0.4, -0.2) is 35.3 Å². The molecule has 1 aromatic heterocycles. The molecule has 1 atom stereocenters. The van der Waals surface area contributed by atoms with Gasteiger partial charge in [0.2, 0.25) is 0 Å². The van der Waals surface area contributed by atoms with Crippen LogP contribution in [0.5, 0.6) is 0 Å². The topological polar surface area (TPSA) is 71.5 Å². The number of hydrogen-bond acceptors (Lipinski definition) is 4. The van der Waals surface area contributed by atoms with Gasteiger partial charge in [-0.2, -0.15) is 0 Å². The lowest BCUT2D eigenvalue weighted by molar-refractivity contribution is 0.0695. The molecule has 2 N–H and O–H groups in total. The quantitative estimate of drug-likeness (QED) is 0.858. The van der Waals surface area contributed by atoms with Gasteiger partial charge < -0.3 is 15.2 Å². The molecule has 1 saturated heterocycles. The summed E-state index contributed by atoms with van der Waals surface area (Å²) in [6.07, 6.45) is 2.00. The van der Waals surface area contributed by atoms with Crippen LogP contribution in [0, 0.1) is 13.8 Å². The second-order valence-electron chi connectivity index (χ2n) is 4.64. The van der Waals surface area contributed by atoms with Crippen LogP contribution >= 0.6 is 0 Å². The van der Waals surface area contributed by atoms with Gasteiger partial charge in [0.1, 0.15) is 5.56 Å². The fraction of sp³-hybridized carbons (Fsp3) is 0.538. The molecule has 5 nitrogen and oxygen atoms in total. The van der Waals surface area contributed by atoms with Crippen LogP contribution in [0.4, 0.5) is 5.69 Å². The summed E-state index contributed by atoms with van der Waals surface area (Å²) in [5.74, 6) is -0.945. The maximum Gasteiger partial charge on any atom is 0.339 e. The Morgan fingerprint density at radius 1 is 1.56 bits per heavy atom. The molecule has 0 aliphatic carbocycles. The van der Waals surface area contributed by atoms with Crippen LogP contribution in [0.25, 0.3) is 0 Å². The number of anilines is 1. The summed E-state index contributed by atoms with van der Waals surface area (Å²) in [4.78, 5) is 15.5. The van der Waals surface area contributed by atoms with E-state index in [1.165, 1.54) is 0 Å². The molecular formula is C13H18N2O3. The van der Waals surface area contributed by atoms with Crippen molar-refractivity contribution in [3.63, 3.8) is 0 Å². The molecule has 0 amide bonds. The van der Waals surface area contributed by atoms with E-state index in [0.717, 1.165) is 25.1 Å². The molecule has 0 aromatic carbocycles. The Bertz CT molecular complexity index is 454. The van der Waals surface area contributed by atoms with Gasteiger partial charge in [0.15, 0.2) is 0 Å². The lowest BCUT2D eigenvalue weighted by Gasteiger charge is -2.25. The molecule has 1 unspecified atom stereocenters. The van der Waals surface area contributed by atoms with Crippen LogP contribution in [0.2, 0.25) is 0 Å². The van der Waals surface area contributed by atoms with Crippen LogP contribution in [0.15, 0.2) is 6.07 Å². The molecule has 0 spiro atoms. The minimum atomic E-state index is -0.945. The molecule has 2 heterocycles. The van der Waals surface area contributed by atoms with E-state index in [4.69, 9.17) is 4.74 Å². The minimum absolute atomic E-state index is 0.179. The van der Waals surface area contributed by atoms with E-state index in [1.54, 1.807) is 13.0 Å². The highest BCUT2D eigenvalue weighted by molar-refractivity contribution is 5.95. The van der Waals surface area contributed by atoms with E-state index in [0.29, 0.717) is 18.0 Å². The normalized spacial score (nSPS) is 19.6. The Morgan fingerprint density at radius 3 is 2.94 bits per heavy atom. The van der Waals surface area contributed by atoms with Gasteiger partial charge in [-0.1, -0.05) is 0 Å². The molecule has 2 rings (SSSR count). The van der Waals surface area contributed by atoms with Crippen molar-refractivity contribution in [1.82, 2.24) is 4.98 Å². The van der Waals surface area contributed by atoms with Gasteiger partial charge in [0, 0.05) is 18.3 Å². The number of carboxylic acids is 1. The number of aromatic nitrogens is 1. The van der Waals surface area contributed by atoms with Crippen LogP contribution in [-0.2, 0) is 4.74 Å². The van der Waals surface area contributed by atoms with Crippen molar-refractivity contribution in [2.24, 2.45) is 0 Å². The summed E-state index contributed by atoms with van der Waals surface area (Å²) < 4.78 is 5.39. The molecule has 1 aromatic rings. The van der Waals surface area contributed by atoms with Gasteiger partial charge in [-0.3, -0.25) is 4.98 Å². The number of nitrogens with zero attached hydrogens (tertiary/aromatic N) is 1. The average Bonchev–Trinajstić information content (AvgIpc) is 2.28. The molecule has 1 fully saturated rings. The summed E-state index contributed by atoms with van der Waals surface area (Å²) in [5.41, 5.74) is 2.26. The molecule has 0 bridgehead atoms. The second kappa shape index (κ2) is 5.35. The van der Waals surface area contributed by atoms with Crippen molar-refractivity contribution in [3.8, 4) is 0 Å². The first kappa shape index (κ1) is 12.8. The minimum Gasteiger partial charge on any atom is -0.478 e. The number of carbonyl (C=O) groups is 1. The predicted octanol–water partition coefficient (Wildman–Crippen LogP) is 1.99. The average molecular weight is 250 g/mol. The fourth-order valence-corrected chi connectivity index (χ4v) is 2.29. The van der Waals surface area contributed by atoms with Gasteiger partial charge in [-0.15, -0.1) is 0 Å². The number of rotatable bonds is 3. The van der Waals surface area contributed by atoms with Crippen molar-refractivity contribution >= 4 is 11.7 Å². The summed E-state index contributed by atoms with van der Waals surface area (Å²) in [5, 5.41) is 12.5. The number of aryl methyl sites for hydroxylation is 2. The maximum atomic E-state index is 11.3. The van der Waals surface area contributed by atoms with Gasteiger partial charge in [0.05, 0.1) is 18.0 Å². The molecule has 0 saturated carbocycles. The second-order valence-corrected chi connectivity index (χ2v) is 4.64. The highest BCUT2D eigenvalue weighted by Gasteiger charge is 2.19. The lowest BCUT2D eigenvalue weighted by Crippen LogP contribution is -2.31. The van der Waals surface area contributed by atoms with Gasteiger partial charge in [-0.05, 0) is 32.8 Å². The highest BCUT2D eigenvalue weighted by Crippen LogP contribution is 2.22. The third-order valence-corrected chi connectivity index (χ3v) is 3.06. The van der Waals surface area contributed by atoms with E-state index in [-0.39, 0.29) is 11.6 Å². The molecular weight excluding hydrogens is 232 g/mol. The van der Waals surface area contributed by atoms with E-state index in [9.17, 15) is 9.90 Å². The van der Waals surface area contributed by atoms with Crippen molar-refractivity contribution in [2.75, 3.05) is 18.5 Å². The highest BCUT2D eigenvalue weighted by atomic mass is 16.5. The first-order valence-corrected chi connectivity index (χ1v) is 6.13. The molecule has 0 radical (unpaired) electrons. The Balaban J connectivity index is 2.27. The number of carboxylic acid groups (broad SMARTS) is 1. The van der Waals surface area contributed by atoms with E-state index in [1.807, 2.05) is 6.92 Å². The van der Waals surface area contributed by atoms with E-state index in [2.05, 4.69) is 10.3 Å². The Hall–Kier alpha value is -1.62. The number of ether oxygens (including phenoxy) is 1. The van der Waals surface area contributed by atoms with Gasteiger partial charge in [-0.25, -0.2) is 4.79 Å². The molecule has 98 valence electrons. The third-order valence-electron chi connectivity index (χ3n) is 3.06. The Morgan fingerprint density at radius 2 is 2.33 bits per heavy atom. The van der Waals surface area contributed by atoms with E-state index >= 15 is 0 Å². The van der Waals surface area contributed by atoms with Crippen molar-refractivity contribution in [3.05, 3.63) is 23.0 Å². The fourth-order valence-electron chi connectivity index (χ4n) is 2.29. The number of nitrogens with one attached hydrogen (secondary N) is 1. The van der Waals surface area contributed by atoms with Crippen molar-refractivity contribution < 1.29 is 14.6 Å². The molecule has 5 heteroatoms. The van der Waals surface area contributed by atoms with Crippen LogP contribution in [0.1, 0.15) is 34.6 Å². The van der Waals surface area contributed by atoms with Crippen molar-refractivity contribution in [1.29, 1.82) is 0 Å². The first-order chi connectivity index (χ1) is 8.58. The monoisotopic (exact) mass is 250 g/mol. The largest absolute Gasteiger partial charge is 0.478 e. The summed E-state index contributed by atoms with van der Waals surface area (Å²) in [6, 6.07) is 1.96. The first-order valence-electron chi connectivity index (χ1n) is 6.13. The van der Waals surface area contributed by atoms with Crippen LogP contribution < -0.4 is 5.32 Å². The van der Waals surface area contributed by atoms with Crippen molar-refractivity contribution in [2.45, 2.75) is 32.7 Å². The zero-order valence-electron chi connectivity index (χ0n) is 10.7.